The smallest absolute Gasteiger partial charge is 0.241 e. The van der Waals surface area contributed by atoms with Crippen molar-refractivity contribution in [1.29, 1.82) is 0 Å². The fourth-order valence-corrected chi connectivity index (χ4v) is 5.47. The third kappa shape index (κ3) is 5.38. The zero-order chi connectivity index (χ0) is 18.4. The minimum Gasteiger partial charge on any atom is -0.381 e. The third-order valence-corrected chi connectivity index (χ3v) is 7.34. The van der Waals surface area contributed by atoms with Crippen LogP contribution in [-0.4, -0.2) is 34.6 Å². The average Bonchev–Trinajstić information content (AvgIpc) is 2.69. The number of carbonyl (C=O) groups is 1. The molecule has 0 aromatic heterocycles. The van der Waals surface area contributed by atoms with Crippen LogP contribution in [0.1, 0.15) is 50.5 Å². The van der Waals surface area contributed by atoms with Crippen LogP contribution in [0.5, 0.6) is 0 Å². The summed E-state index contributed by atoms with van der Waals surface area (Å²) in [6.45, 7) is 1.35. The maximum absolute atomic E-state index is 12.6. The van der Waals surface area contributed by atoms with E-state index in [9.17, 15) is 9.00 Å². The summed E-state index contributed by atoms with van der Waals surface area (Å²) >= 11 is 0. The van der Waals surface area contributed by atoms with Gasteiger partial charge in [0.05, 0.1) is 6.04 Å². The number of nitrogens with one attached hydrogen (secondary N) is 1. The number of nitrogens with two attached hydrogens (primary N) is 1. The van der Waals surface area contributed by atoms with Gasteiger partial charge in [0, 0.05) is 40.7 Å². The maximum Gasteiger partial charge on any atom is 0.241 e. The lowest BCUT2D eigenvalue weighted by molar-refractivity contribution is -0.119. The Morgan fingerprint density at radius 3 is 2.65 bits per heavy atom. The molecule has 1 aromatic rings. The number of ether oxygens (including phenoxy) is 1. The molecule has 0 radical (unpaired) electrons. The van der Waals surface area contributed by atoms with E-state index >= 15 is 0 Å². The second-order valence-electron chi connectivity index (χ2n) is 7.45. The summed E-state index contributed by atoms with van der Waals surface area (Å²) in [6.07, 6.45) is 7.45. The Hall–Kier alpha value is -1.24. The van der Waals surface area contributed by atoms with Crippen molar-refractivity contribution >= 4 is 22.4 Å². The lowest BCUT2D eigenvalue weighted by Crippen LogP contribution is -2.44. The Morgan fingerprint density at radius 2 is 1.92 bits per heavy atom. The molecule has 144 valence electrons. The Bertz CT molecular complexity index is 625. The van der Waals surface area contributed by atoms with Gasteiger partial charge in [-0.1, -0.05) is 31.4 Å². The summed E-state index contributed by atoms with van der Waals surface area (Å²) in [5, 5.41) is 3.25. The highest BCUT2D eigenvalue weighted by atomic mass is 32.2. The predicted octanol–water partition coefficient (Wildman–Crippen LogP) is 2.96. The molecule has 1 saturated heterocycles. The normalized spacial score (nSPS) is 21.9. The first-order chi connectivity index (χ1) is 12.6. The van der Waals surface area contributed by atoms with Gasteiger partial charge in [-0.15, -0.1) is 0 Å². The van der Waals surface area contributed by atoms with E-state index in [4.69, 9.17) is 10.5 Å². The fraction of sp³-hybridized carbons (Fsp3) is 0.650. The Kier molecular flexibility index (Phi) is 7.23. The molecule has 5 nitrogen and oxygen atoms in total. The number of benzene rings is 1. The van der Waals surface area contributed by atoms with E-state index in [1.807, 2.05) is 24.3 Å². The molecule has 3 N–H and O–H groups in total. The van der Waals surface area contributed by atoms with Crippen LogP contribution in [0.2, 0.25) is 0 Å². The second kappa shape index (κ2) is 9.62. The minimum atomic E-state index is -0.842. The van der Waals surface area contributed by atoms with Crippen molar-refractivity contribution in [3.8, 4) is 0 Å². The third-order valence-electron chi connectivity index (χ3n) is 5.50. The molecule has 0 bridgehead atoms. The standard InChI is InChI=1S/C20H30N2O3S/c21-19(16-9-11-25-12-10-16)20(23)22-17-6-4-5-15(13-17)14-26(24)18-7-2-1-3-8-18/h4-6,13,16,18-19H,1-3,7-12,14,21H2,(H,22,23). The van der Waals surface area contributed by atoms with Gasteiger partial charge in [-0.05, 0) is 49.3 Å². The number of anilines is 1. The molecule has 3 rings (SSSR count). The van der Waals surface area contributed by atoms with E-state index in [-0.39, 0.29) is 11.8 Å². The number of rotatable bonds is 6. The number of amides is 1. The van der Waals surface area contributed by atoms with Crippen molar-refractivity contribution in [1.82, 2.24) is 0 Å². The summed E-state index contributed by atoms with van der Waals surface area (Å²) in [5.74, 6) is 0.577. The monoisotopic (exact) mass is 378 g/mol. The molecule has 1 saturated carbocycles. The van der Waals surface area contributed by atoms with E-state index in [1.54, 1.807) is 0 Å². The Balaban J connectivity index is 1.56. The predicted molar refractivity (Wildman–Crippen MR) is 105 cm³/mol. The van der Waals surface area contributed by atoms with Gasteiger partial charge in [-0.2, -0.15) is 0 Å². The van der Waals surface area contributed by atoms with Crippen LogP contribution >= 0.6 is 0 Å². The van der Waals surface area contributed by atoms with E-state index in [1.165, 1.54) is 19.3 Å². The zero-order valence-electron chi connectivity index (χ0n) is 15.3. The van der Waals surface area contributed by atoms with Gasteiger partial charge in [0.1, 0.15) is 0 Å². The van der Waals surface area contributed by atoms with Crippen molar-refractivity contribution in [2.75, 3.05) is 18.5 Å². The highest BCUT2D eigenvalue weighted by Crippen LogP contribution is 2.24. The van der Waals surface area contributed by atoms with Gasteiger partial charge in [0.2, 0.25) is 5.91 Å². The molecule has 1 aliphatic carbocycles. The molecule has 1 amide bonds. The molecule has 2 aliphatic rings. The number of hydrogen-bond donors (Lipinski definition) is 2. The average molecular weight is 379 g/mol. The van der Waals surface area contributed by atoms with Gasteiger partial charge in [-0.3, -0.25) is 9.00 Å². The van der Waals surface area contributed by atoms with Crippen LogP contribution in [-0.2, 0) is 26.1 Å². The van der Waals surface area contributed by atoms with Crippen molar-refractivity contribution < 1.29 is 13.7 Å². The number of hydrogen-bond acceptors (Lipinski definition) is 4. The lowest BCUT2D eigenvalue weighted by atomic mass is 9.92. The quantitative estimate of drug-likeness (QED) is 0.797. The van der Waals surface area contributed by atoms with E-state index < -0.39 is 16.8 Å². The van der Waals surface area contributed by atoms with Crippen LogP contribution < -0.4 is 11.1 Å². The molecule has 1 heterocycles. The van der Waals surface area contributed by atoms with E-state index in [0.29, 0.717) is 24.2 Å². The van der Waals surface area contributed by atoms with Gasteiger partial charge in [0.25, 0.3) is 0 Å². The van der Waals surface area contributed by atoms with Crippen molar-refractivity contribution in [3.05, 3.63) is 29.8 Å². The first kappa shape index (κ1) is 19.5. The molecule has 26 heavy (non-hydrogen) atoms. The van der Waals surface area contributed by atoms with Crippen LogP contribution in [0.4, 0.5) is 5.69 Å². The molecule has 0 spiro atoms. The lowest BCUT2D eigenvalue weighted by Gasteiger charge is -2.26. The molecule has 1 aliphatic heterocycles. The first-order valence-corrected chi connectivity index (χ1v) is 11.1. The van der Waals surface area contributed by atoms with Gasteiger partial charge < -0.3 is 15.8 Å². The van der Waals surface area contributed by atoms with Crippen molar-refractivity contribution in [2.24, 2.45) is 11.7 Å². The van der Waals surface area contributed by atoms with Crippen LogP contribution in [0.3, 0.4) is 0 Å². The van der Waals surface area contributed by atoms with E-state index in [0.717, 1.165) is 36.9 Å². The molecular formula is C20H30N2O3S. The van der Waals surface area contributed by atoms with Crippen LogP contribution in [0, 0.1) is 5.92 Å². The van der Waals surface area contributed by atoms with Gasteiger partial charge in [0.15, 0.2) is 0 Å². The second-order valence-corrected chi connectivity index (χ2v) is 9.17. The molecule has 1 aromatic carbocycles. The van der Waals surface area contributed by atoms with Crippen LogP contribution in [0.15, 0.2) is 24.3 Å². The summed E-state index contributed by atoms with van der Waals surface area (Å²) in [5.41, 5.74) is 7.88. The largest absolute Gasteiger partial charge is 0.381 e. The van der Waals surface area contributed by atoms with Crippen molar-refractivity contribution in [3.63, 3.8) is 0 Å². The summed E-state index contributed by atoms with van der Waals surface area (Å²) in [4.78, 5) is 12.5. The summed E-state index contributed by atoms with van der Waals surface area (Å²) in [7, 11) is -0.842. The Labute approximate surface area is 158 Å². The van der Waals surface area contributed by atoms with Gasteiger partial charge >= 0.3 is 0 Å². The van der Waals surface area contributed by atoms with Crippen LogP contribution in [0.25, 0.3) is 0 Å². The molecule has 2 unspecified atom stereocenters. The molecular weight excluding hydrogens is 348 g/mol. The highest BCUT2D eigenvalue weighted by molar-refractivity contribution is 7.84. The zero-order valence-corrected chi connectivity index (χ0v) is 16.1. The summed E-state index contributed by atoms with van der Waals surface area (Å²) in [6, 6.07) is 7.16. The number of carbonyl (C=O) groups excluding carboxylic acids is 1. The molecule has 2 fully saturated rings. The maximum atomic E-state index is 12.6. The van der Waals surface area contributed by atoms with E-state index in [2.05, 4.69) is 5.32 Å². The topological polar surface area (TPSA) is 81.4 Å². The molecule has 6 heteroatoms. The van der Waals surface area contributed by atoms with Gasteiger partial charge in [-0.25, -0.2) is 0 Å². The minimum absolute atomic E-state index is 0.151. The SMILES string of the molecule is NC(C(=O)Nc1cccc(CS(=O)C2CCCCC2)c1)C1CCOCC1. The first-order valence-electron chi connectivity index (χ1n) is 9.74. The Morgan fingerprint density at radius 1 is 1.19 bits per heavy atom. The summed E-state index contributed by atoms with van der Waals surface area (Å²) < 4.78 is 17.9. The highest BCUT2D eigenvalue weighted by Gasteiger charge is 2.26. The van der Waals surface area contributed by atoms with Crippen molar-refractivity contribution in [2.45, 2.75) is 62.0 Å². The fourth-order valence-electron chi connectivity index (χ4n) is 3.86. The molecule has 2 atom stereocenters.